The van der Waals surface area contributed by atoms with Crippen molar-refractivity contribution in [2.45, 2.75) is 50.5 Å². The third-order valence-electron chi connectivity index (χ3n) is 5.61. The fourth-order valence-electron chi connectivity index (χ4n) is 4.10. The molecule has 1 fully saturated rings. The van der Waals surface area contributed by atoms with E-state index in [1.54, 1.807) is 31.0 Å². The summed E-state index contributed by atoms with van der Waals surface area (Å²) in [5.74, 6) is -0.00109. The Hall–Kier alpha value is -2.78. The van der Waals surface area contributed by atoms with E-state index in [9.17, 15) is 22.8 Å². The second-order valence-electron chi connectivity index (χ2n) is 7.76. The molecule has 0 aromatic carbocycles. The lowest BCUT2D eigenvalue weighted by Crippen LogP contribution is -2.38. The minimum atomic E-state index is -4.40. The van der Waals surface area contributed by atoms with Gasteiger partial charge in [0.2, 0.25) is 0 Å². The molecule has 1 amide bonds. The van der Waals surface area contributed by atoms with Crippen molar-refractivity contribution in [3.8, 4) is 0 Å². The SMILES string of the molecule is C[C@@H]1C[C@H](C(F)(F)F)n2nc(C3CCCN3C(=O)c3ccn(C)c(=O)c3)cc2N1. The zero-order chi connectivity index (χ0) is 20.9. The number of aromatic nitrogens is 3. The van der Waals surface area contributed by atoms with Gasteiger partial charge in [-0.3, -0.25) is 9.59 Å². The number of anilines is 1. The maximum Gasteiger partial charge on any atom is 0.410 e. The van der Waals surface area contributed by atoms with E-state index >= 15 is 0 Å². The van der Waals surface area contributed by atoms with Crippen LogP contribution in [-0.4, -0.2) is 43.9 Å². The molecule has 2 aliphatic rings. The molecule has 1 N–H and O–H groups in total. The smallest absolute Gasteiger partial charge is 0.368 e. The second-order valence-corrected chi connectivity index (χ2v) is 7.76. The summed E-state index contributed by atoms with van der Waals surface area (Å²) in [6.45, 7) is 2.17. The predicted molar refractivity (Wildman–Crippen MR) is 99.7 cm³/mol. The first kappa shape index (κ1) is 19.5. The number of hydrogen-bond acceptors (Lipinski definition) is 4. The van der Waals surface area contributed by atoms with E-state index in [2.05, 4.69) is 10.4 Å². The van der Waals surface area contributed by atoms with Crippen LogP contribution in [0.15, 0.2) is 29.2 Å². The molecule has 0 spiro atoms. The number of nitrogens with zero attached hydrogens (tertiary/aromatic N) is 4. The number of nitrogens with one attached hydrogen (secondary N) is 1. The van der Waals surface area contributed by atoms with Gasteiger partial charge in [-0.1, -0.05) is 0 Å². The number of alkyl halides is 3. The molecule has 0 saturated carbocycles. The molecule has 2 aromatic rings. The number of pyridine rings is 1. The number of halogens is 3. The van der Waals surface area contributed by atoms with Crippen molar-refractivity contribution in [3.63, 3.8) is 0 Å². The fraction of sp³-hybridized carbons (Fsp3) is 0.526. The lowest BCUT2D eigenvalue weighted by atomic mass is 10.1. The third kappa shape index (κ3) is 3.51. The molecular formula is C19H22F3N5O2. The highest BCUT2D eigenvalue weighted by Gasteiger charge is 2.46. The monoisotopic (exact) mass is 409 g/mol. The van der Waals surface area contributed by atoms with Crippen LogP contribution in [0.1, 0.15) is 54.3 Å². The Morgan fingerprint density at radius 3 is 2.76 bits per heavy atom. The topological polar surface area (TPSA) is 72.2 Å². The summed E-state index contributed by atoms with van der Waals surface area (Å²) in [7, 11) is 1.59. The van der Waals surface area contributed by atoms with E-state index in [4.69, 9.17) is 0 Å². The molecule has 3 atom stereocenters. The van der Waals surface area contributed by atoms with Gasteiger partial charge in [-0.25, -0.2) is 4.68 Å². The first-order chi connectivity index (χ1) is 13.6. The molecule has 29 heavy (non-hydrogen) atoms. The highest BCUT2D eigenvalue weighted by molar-refractivity contribution is 5.94. The molecule has 0 aliphatic carbocycles. The summed E-state index contributed by atoms with van der Waals surface area (Å²) in [5, 5.41) is 7.30. The highest BCUT2D eigenvalue weighted by Crippen LogP contribution is 2.41. The minimum absolute atomic E-state index is 0.0990. The molecule has 0 bridgehead atoms. The summed E-state index contributed by atoms with van der Waals surface area (Å²) < 4.78 is 42.8. The molecule has 2 aromatic heterocycles. The predicted octanol–water partition coefficient (Wildman–Crippen LogP) is 2.87. The minimum Gasteiger partial charge on any atom is -0.368 e. The molecule has 0 radical (unpaired) electrons. The van der Waals surface area contributed by atoms with E-state index in [-0.39, 0.29) is 29.5 Å². The number of fused-ring (bicyclic) bond motifs is 1. The average Bonchev–Trinajstić information content (AvgIpc) is 3.28. The van der Waals surface area contributed by atoms with Gasteiger partial charge in [0.15, 0.2) is 6.04 Å². The van der Waals surface area contributed by atoms with E-state index in [1.807, 2.05) is 0 Å². The Labute approximate surface area is 165 Å². The number of likely N-dealkylation sites (tertiary alicyclic amines) is 1. The van der Waals surface area contributed by atoms with Crippen LogP contribution in [0.25, 0.3) is 0 Å². The van der Waals surface area contributed by atoms with Gasteiger partial charge < -0.3 is 14.8 Å². The van der Waals surface area contributed by atoms with Gasteiger partial charge in [0, 0.05) is 43.5 Å². The van der Waals surface area contributed by atoms with Crippen molar-refractivity contribution in [2.75, 3.05) is 11.9 Å². The fourth-order valence-corrected chi connectivity index (χ4v) is 4.10. The van der Waals surface area contributed by atoms with Gasteiger partial charge in [-0.2, -0.15) is 18.3 Å². The third-order valence-corrected chi connectivity index (χ3v) is 5.61. The van der Waals surface area contributed by atoms with Crippen LogP contribution in [0.3, 0.4) is 0 Å². The van der Waals surface area contributed by atoms with Gasteiger partial charge in [0.1, 0.15) is 5.82 Å². The highest BCUT2D eigenvalue weighted by atomic mass is 19.4. The first-order valence-corrected chi connectivity index (χ1v) is 9.55. The number of hydrogen-bond donors (Lipinski definition) is 1. The van der Waals surface area contributed by atoms with Crippen LogP contribution in [0.5, 0.6) is 0 Å². The summed E-state index contributed by atoms with van der Waals surface area (Å²) in [6, 6.07) is 2.01. The largest absolute Gasteiger partial charge is 0.410 e. The molecular weight excluding hydrogens is 387 g/mol. The Morgan fingerprint density at radius 2 is 2.07 bits per heavy atom. The molecule has 7 nitrogen and oxygen atoms in total. The maximum atomic E-state index is 13.5. The maximum absolute atomic E-state index is 13.5. The van der Waals surface area contributed by atoms with E-state index in [0.717, 1.165) is 11.1 Å². The summed E-state index contributed by atoms with van der Waals surface area (Å²) in [6.07, 6.45) is -1.65. The van der Waals surface area contributed by atoms with E-state index in [0.29, 0.717) is 24.5 Å². The molecule has 1 saturated heterocycles. The summed E-state index contributed by atoms with van der Waals surface area (Å²) in [4.78, 5) is 26.4. The van der Waals surface area contributed by atoms with Gasteiger partial charge in [-0.05, 0) is 32.3 Å². The second kappa shape index (κ2) is 6.93. The van der Waals surface area contributed by atoms with Gasteiger partial charge >= 0.3 is 6.18 Å². The molecule has 4 rings (SSSR count). The zero-order valence-electron chi connectivity index (χ0n) is 16.1. The van der Waals surface area contributed by atoms with Crippen LogP contribution in [0.2, 0.25) is 0 Å². The molecule has 4 heterocycles. The van der Waals surface area contributed by atoms with Crippen LogP contribution in [0, 0.1) is 0 Å². The van der Waals surface area contributed by atoms with Crippen molar-refractivity contribution >= 4 is 11.7 Å². The van der Waals surface area contributed by atoms with Crippen molar-refractivity contribution < 1.29 is 18.0 Å². The van der Waals surface area contributed by atoms with Crippen molar-refractivity contribution in [2.24, 2.45) is 7.05 Å². The standard InChI is InChI=1S/C19H22F3N5O2/c1-11-8-15(19(20,21)22)27-16(23-11)10-13(24-27)14-4-3-6-26(14)18(29)12-5-7-25(2)17(28)9-12/h5,7,9-11,14-15,23H,3-4,6,8H2,1-2H3/t11-,14?,15-/m1/s1. The van der Waals surface area contributed by atoms with Crippen molar-refractivity contribution in [1.82, 2.24) is 19.2 Å². The number of amides is 1. The zero-order valence-corrected chi connectivity index (χ0v) is 16.1. The van der Waals surface area contributed by atoms with E-state index < -0.39 is 18.3 Å². The van der Waals surface area contributed by atoms with E-state index in [1.165, 1.54) is 16.8 Å². The number of aryl methyl sites for hydroxylation is 1. The Morgan fingerprint density at radius 1 is 1.31 bits per heavy atom. The summed E-state index contributed by atoms with van der Waals surface area (Å²) >= 11 is 0. The normalized spacial score (nSPS) is 24.3. The number of carbonyl (C=O) groups is 1. The number of carbonyl (C=O) groups excluding carboxylic acids is 1. The molecule has 10 heteroatoms. The van der Waals surface area contributed by atoms with Crippen LogP contribution >= 0.6 is 0 Å². The quantitative estimate of drug-likeness (QED) is 0.828. The molecule has 2 aliphatic heterocycles. The number of rotatable bonds is 2. The lowest BCUT2D eigenvalue weighted by Gasteiger charge is -2.31. The summed E-state index contributed by atoms with van der Waals surface area (Å²) in [5.41, 5.74) is 0.407. The lowest BCUT2D eigenvalue weighted by molar-refractivity contribution is -0.173. The van der Waals surface area contributed by atoms with Crippen LogP contribution in [-0.2, 0) is 7.05 Å². The van der Waals surface area contributed by atoms with Crippen LogP contribution in [0.4, 0.5) is 19.0 Å². The molecule has 1 unspecified atom stereocenters. The van der Waals surface area contributed by atoms with Gasteiger partial charge in [-0.15, -0.1) is 0 Å². The Bertz CT molecular complexity index is 996. The van der Waals surface area contributed by atoms with Crippen molar-refractivity contribution in [3.05, 3.63) is 46.0 Å². The van der Waals surface area contributed by atoms with Crippen LogP contribution < -0.4 is 10.9 Å². The van der Waals surface area contributed by atoms with Gasteiger partial charge in [0.05, 0.1) is 11.7 Å². The van der Waals surface area contributed by atoms with Gasteiger partial charge in [0.25, 0.3) is 11.5 Å². The first-order valence-electron chi connectivity index (χ1n) is 9.55. The van der Waals surface area contributed by atoms with Crippen molar-refractivity contribution in [1.29, 1.82) is 0 Å². The molecule has 156 valence electrons. The Kier molecular flexibility index (Phi) is 4.66. The Balaban J connectivity index is 1.65. The average molecular weight is 409 g/mol.